The molecule has 20 heavy (non-hydrogen) atoms. The fourth-order valence-corrected chi connectivity index (χ4v) is 2.25. The SMILES string of the molecule is CC1(C)CCN(C(=O)Nc2ccc(CC(=O)O)nc2)C1. The van der Waals surface area contributed by atoms with Gasteiger partial charge in [-0.15, -0.1) is 0 Å². The summed E-state index contributed by atoms with van der Waals surface area (Å²) in [5, 5.41) is 11.4. The number of carbonyl (C=O) groups is 2. The Morgan fingerprint density at radius 1 is 1.45 bits per heavy atom. The third-order valence-electron chi connectivity index (χ3n) is 3.37. The number of nitrogens with one attached hydrogen (secondary N) is 1. The van der Waals surface area contributed by atoms with Crippen LogP contribution in [0.2, 0.25) is 0 Å². The Labute approximate surface area is 117 Å². The maximum absolute atomic E-state index is 12.1. The number of carboxylic acids is 1. The van der Waals surface area contributed by atoms with Crippen molar-refractivity contribution in [3.63, 3.8) is 0 Å². The summed E-state index contributed by atoms with van der Waals surface area (Å²) in [6.07, 6.45) is 2.36. The van der Waals surface area contributed by atoms with Gasteiger partial charge in [0.1, 0.15) is 0 Å². The number of carboxylic acid groups (broad SMARTS) is 1. The van der Waals surface area contributed by atoms with Crippen molar-refractivity contribution in [1.82, 2.24) is 9.88 Å². The van der Waals surface area contributed by atoms with Crippen LogP contribution in [0, 0.1) is 5.41 Å². The molecule has 6 nitrogen and oxygen atoms in total. The highest BCUT2D eigenvalue weighted by Crippen LogP contribution is 2.29. The van der Waals surface area contributed by atoms with Crippen molar-refractivity contribution in [3.05, 3.63) is 24.0 Å². The van der Waals surface area contributed by atoms with E-state index in [0.29, 0.717) is 11.4 Å². The molecule has 0 unspecified atom stereocenters. The molecule has 0 spiro atoms. The van der Waals surface area contributed by atoms with E-state index in [1.807, 2.05) is 0 Å². The first kappa shape index (κ1) is 14.3. The lowest BCUT2D eigenvalue weighted by atomic mass is 9.93. The molecule has 0 saturated carbocycles. The second kappa shape index (κ2) is 5.48. The van der Waals surface area contributed by atoms with Crippen molar-refractivity contribution in [3.8, 4) is 0 Å². The first-order valence-corrected chi connectivity index (χ1v) is 6.58. The topological polar surface area (TPSA) is 82.5 Å². The minimum Gasteiger partial charge on any atom is -0.481 e. The van der Waals surface area contributed by atoms with Gasteiger partial charge in [-0.3, -0.25) is 9.78 Å². The first-order valence-electron chi connectivity index (χ1n) is 6.58. The van der Waals surface area contributed by atoms with Gasteiger partial charge >= 0.3 is 12.0 Å². The van der Waals surface area contributed by atoms with Crippen molar-refractivity contribution in [1.29, 1.82) is 0 Å². The van der Waals surface area contributed by atoms with Crippen LogP contribution in [-0.4, -0.2) is 40.1 Å². The highest BCUT2D eigenvalue weighted by atomic mass is 16.4. The van der Waals surface area contributed by atoms with E-state index in [1.165, 1.54) is 6.20 Å². The Kier molecular flexibility index (Phi) is 3.92. The average molecular weight is 277 g/mol. The van der Waals surface area contributed by atoms with Gasteiger partial charge in [0.15, 0.2) is 0 Å². The van der Waals surface area contributed by atoms with Crippen LogP contribution in [0.5, 0.6) is 0 Å². The maximum Gasteiger partial charge on any atom is 0.321 e. The summed E-state index contributed by atoms with van der Waals surface area (Å²) >= 11 is 0. The number of nitrogens with zero attached hydrogens (tertiary/aromatic N) is 2. The first-order chi connectivity index (χ1) is 9.35. The standard InChI is InChI=1S/C14H19N3O3/c1-14(2)5-6-17(9-14)13(20)16-11-4-3-10(15-8-11)7-12(18)19/h3-4,8H,5-7,9H2,1-2H3,(H,16,20)(H,18,19). The Hall–Kier alpha value is -2.11. The van der Waals surface area contributed by atoms with Gasteiger partial charge in [-0.1, -0.05) is 13.8 Å². The summed E-state index contributed by atoms with van der Waals surface area (Å²) in [5.41, 5.74) is 1.22. The summed E-state index contributed by atoms with van der Waals surface area (Å²) in [4.78, 5) is 28.4. The molecule has 1 aliphatic heterocycles. The third kappa shape index (κ3) is 3.69. The summed E-state index contributed by atoms with van der Waals surface area (Å²) in [6.45, 7) is 5.78. The summed E-state index contributed by atoms with van der Waals surface area (Å²) in [6, 6.07) is 3.14. The van der Waals surface area contributed by atoms with Crippen molar-refractivity contribution >= 4 is 17.7 Å². The molecular weight excluding hydrogens is 258 g/mol. The Balaban J connectivity index is 1.93. The molecule has 1 aliphatic rings. The number of urea groups is 1. The van der Waals surface area contributed by atoms with Gasteiger partial charge in [0.25, 0.3) is 0 Å². The molecule has 1 saturated heterocycles. The van der Waals surface area contributed by atoms with E-state index in [9.17, 15) is 9.59 Å². The number of hydrogen-bond donors (Lipinski definition) is 2. The number of rotatable bonds is 3. The molecule has 0 aliphatic carbocycles. The van der Waals surface area contributed by atoms with Gasteiger partial charge < -0.3 is 15.3 Å². The predicted octanol–water partition coefficient (Wildman–Crippen LogP) is 1.97. The molecule has 2 N–H and O–H groups in total. The predicted molar refractivity (Wildman–Crippen MR) is 74.6 cm³/mol. The van der Waals surface area contributed by atoms with Crippen LogP contribution in [0.1, 0.15) is 26.0 Å². The van der Waals surface area contributed by atoms with Gasteiger partial charge in [-0.2, -0.15) is 0 Å². The molecule has 0 aromatic carbocycles. The number of aliphatic carboxylic acids is 1. The van der Waals surface area contributed by atoms with Crippen LogP contribution in [0.4, 0.5) is 10.5 Å². The maximum atomic E-state index is 12.1. The Morgan fingerprint density at radius 2 is 2.20 bits per heavy atom. The molecule has 0 atom stereocenters. The number of hydrogen-bond acceptors (Lipinski definition) is 3. The molecule has 1 aromatic rings. The quantitative estimate of drug-likeness (QED) is 0.885. The molecule has 6 heteroatoms. The zero-order chi connectivity index (χ0) is 14.8. The normalized spacial score (nSPS) is 17.0. The van der Waals surface area contributed by atoms with Crippen LogP contribution < -0.4 is 5.32 Å². The lowest BCUT2D eigenvalue weighted by Crippen LogP contribution is -2.34. The fourth-order valence-electron chi connectivity index (χ4n) is 2.25. The molecule has 1 fully saturated rings. The zero-order valence-corrected chi connectivity index (χ0v) is 11.7. The van der Waals surface area contributed by atoms with Crippen molar-refractivity contribution in [2.45, 2.75) is 26.7 Å². The lowest BCUT2D eigenvalue weighted by molar-refractivity contribution is -0.136. The van der Waals surface area contributed by atoms with Gasteiger partial charge in [-0.05, 0) is 24.0 Å². The van der Waals surface area contributed by atoms with E-state index < -0.39 is 5.97 Å². The number of aromatic nitrogens is 1. The minimum atomic E-state index is -0.923. The van der Waals surface area contributed by atoms with Crippen molar-refractivity contribution in [2.75, 3.05) is 18.4 Å². The third-order valence-corrected chi connectivity index (χ3v) is 3.37. The van der Waals surface area contributed by atoms with Gasteiger partial charge in [0.05, 0.1) is 24.0 Å². The number of likely N-dealkylation sites (tertiary alicyclic amines) is 1. The largest absolute Gasteiger partial charge is 0.481 e. The summed E-state index contributed by atoms with van der Waals surface area (Å²) < 4.78 is 0. The van der Waals surface area contributed by atoms with Crippen molar-refractivity contribution < 1.29 is 14.7 Å². The van der Waals surface area contributed by atoms with E-state index in [4.69, 9.17) is 5.11 Å². The van der Waals surface area contributed by atoms with E-state index in [1.54, 1.807) is 17.0 Å². The van der Waals surface area contributed by atoms with E-state index in [0.717, 1.165) is 19.5 Å². The number of anilines is 1. The molecule has 2 heterocycles. The molecule has 2 amide bonds. The second-order valence-electron chi connectivity index (χ2n) is 5.87. The molecule has 108 valence electrons. The molecule has 0 radical (unpaired) electrons. The molecule has 1 aromatic heterocycles. The Bertz CT molecular complexity index is 511. The number of amides is 2. The minimum absolute atomic E-state index is 0.117. The smallest absolute Gasteiger partial charge is 0.321 e. The molecular formula is C14H19N3O3. The van der Waals surface area contributed by atoms with Crippen LogP contribution in [0.15, 0.2) is 18.3 Å². The zero-order valence-electron chi connectivity index (χ0n) is 11.7. The highest BCUT2D eigenvalue weighted by Gasteiger charge is 2.31. The monoisotopic (exact) mass is 277 g/mol. The van der Waals surface area contributed by atoms with E-state index in [-0.39, 0.29) is 17.9 Å². The highest BCUT2D eigenvalue weighted by molar-refractivity contribution is 5.89. The Morgan fingerprint density at radius 3 is 2.70 bits per heavy atom. The second-order valence-corrected chi connectivity index (χ2v) is 5.87. The van der Waals surface area contributed by atoms with Crippen LogP contribution >= 0.6 is 0 Å². The summed E-state index contributed by atoms with van der Waals surface area (Å²) in [5.74, 6) is -0.923. The van der Waals surface area contributed by atoms with E-state index in [2.05, 4.69) is 24.1 Å². The van der Waals surface area contributed by atoms with E-state index >= 15 is 0 Å². The summed E-state index contributed by atoms with van der Waals surface area (Å²) in [7, 11) is 0. The van der Waals surface area contributed by atoms with Crippen LogP contribution in [-0.2, 0) is 11.2 Å². The fraction of sp³-hybridized carbons (Fsp3) is 0.500. The van der Waals surface area contributed by atoms with Gasteiger partial charge in [0.2, 0.25) is 0 Å². The van der Waals surface area contributed by atoms with Gasteiger partial charge in [-0.25, -0.2) is 4.79 Å². The van der Waals surface area contributed by atoms with Crippen LogP contribution in [0.25, 0.3) is 0 Å². The molecule has 0 bridgehead atoms. The van der Waals surface area contributed by atoms with Crippen LogP contribution in [0.3, 0.4) is 0 Å². The lowest BCUT2D eigenvalue weighted by Gasteiger charge is -2.20. The van der Waals surface area contributed by atoms with Gasteiger partial charge in [0, 0.05) is 13.1 Å². The van der Waals surface area contributed by atoms with Crippen molar-refractivity contribution in [2.24, 2.45) is 5.41 Å². The molecule has 2 rings (SSSR count). The number of pyridine rings is 1. The number of carbonyl (C=O) groups excluding carboxylic acids is 1. The average Bonchev–Trinajstić information content (AvgIpc) is 2.72.